The molecule has 3 aromatic rings. The Bertz CT molecular complexity index is 1210. The van der Waals surface area contributed by atoms with Gasteiger partial charge in [-0.25, -0.2) is 4.98 Å². The number of aromatic hydroxyl groups is 1. The Kier molecular flexibility index (Phi) is 7.01. The third-order valence-corrected chi connectivity index (χ3v) is 6.12. The van der Waals surface area contributed by atoms with Gasteiger partial charge < -0.3 is 15.5 Å². The molecule has 1 amide bonds. The fourth-order valence-electron chi connectivity index (χ4n) is 4.25. The summed E-state index contributed by atoms with van der Waals surface area (Å²) in [5, 5.41) is 21.9. The Hall–Kier alpha value is -4.00. The van der Waals surface area contributed by atoms with Gasteiger partial charge in [0.2, 0.25) is 11.9 Å². The molecule has 2 atom stereocenters. The van der Waals surface area contributed by atoms with Gasteiger partial charge in [-0.2, -0.15) is 4.39 Å². The summed E-state index contributed by atoms with van der Waals surface area (Å²) < 4.78 is 14.0. The fourth-order valence-corrected chi connectivity index (χ4v) is 4.25. The molecule has 1 aliphatic rings. The molecular formula is C27H25FN2O4. The largest absolute Gasteiger partial charge is 0.508 e. The predicted octanol–water partition coefficient (Wildman–Crippen LogP) is 4.80. The lowest BCUT2D eigenvalue weighted by molar-refractivity contribution is -0.141. The second kappa shape index (κ2) is 10.3. The van der Waals surface area contributed by atoms with Crippen molar-refractivity contribution in [1.29, 1.82) is 0 Å². The Labute approximate surface area is 196 Å². The molecule has 6 nitrogen and oxygen atoms in total. The lowest BCUT2D eigenvalue weighted by Crippen LogP contribution is -2.34. The summed E-state index contributed by atoms with van der Waals surface area (Å²) in [5.74, 6) is -2.90. The van der Waals surface area contributed by atoms with E-state index in [1.54, 1.807) is 30.3 Å². The van der Waals surface area contributed by atoms with Gasteiger partial charge in [0.05, 0.1) is 5.92 Å². The van der Waals surface area contributed by atoms with Crippen molar-refractivity contribution in [2.24, 2.45) is 5.92 Å². The Morgan fingerprint density at radius 2 is 1.71 bits per heavy atom. The van der Waals surface area contributed by atoms with Crippen LogP contribution in [-0.2, 0) is 16.0 Å². The average Bonchev–Trinajstić information content (AvgIpc) is 2.84. The second-order valence-electron chi connectivity index (χ2n) is 8.39. The Morgan fingerprint density at radius 3 is 2.35 bits per heavy atom. The van der Waals surface area contributed by atoms with Crippen LogP contribution in [0.1, 0.15) is 36.3 Å². The number of rotatable bonds is 7. The zero-order valence-electron chi connectivity index (χ0n) is 18.4. The molecule has 0 saturated heterocycles. The van der Waals surface area contributed by atoms with E-state index >= 15 is 0 Å². The molecule has 2 aromatic carbocycles. The minimum atomic E-state index is -1.05. The van der Waals surface area contributed by atoms with E-state index in [1.165, 1.54) is 6.20 Å². The standard InChI is InChI=1S/C27H25FN2O4/c28-26-22(2-1-15-29-26)20-10-13-24(23(16-20)27(33)34)30-25(32)14-5-17-3-6-18(7-4-17)19-8-11-21(31)12-9-19/h1-4,6-9,11-13,15,20,23,31H,5,10,14,16H2,(H,30,32)(H,33,34). The van der Waals surface area contributed by atoms with Crippen molar-refractivity contribution in [3.8, 4) is 16.9 Å². The summed E-state index contributed by atoms with van der Waals surface area (Å²) >= 11 is 0. The van der Waals surface area contributed by atoms with Crippen LogP contribution in [0, 0.1) is 11.9 Å². The molecule has 34 heavy (non-hydrogen) atoms. The molecule has 3 N–H and O–H groups in total. The summed E-state index contributed by atoms with van der Waals surface area (Å²) in [6.45, 7) is 0. The molecule has 2 unspecified atom stereocenters. The topological polar surface area (TPSA) is 99.5 Å². The quantitative estimate of drug-likeness (QED) is 0.440. The number of phenolic OH excluding ortho intramolecular Hbond substituents is 1. The summed E-state index contributed by atoms with van der Waals surface area (Å²) in [4.78, 5) is 28.0. The molecule has 1 heterocycles. The van der Waals surface area contributed by atoms with Gasteiger partial charge in [0.25, 0.3) is 0 Å². The predicted molar refractivity (Wildman–Crippen MR) is 125 cm³/mol. The van der Waals surface area contributed by atoms with E-state index in [4.69, 9.17) is 0 Å². The minimum Gasteiger partial charge on any atom is -0.508 e. The maximum atomic E-state index is 14.0. The van der Waals surface area contributed by atoms with E-state index in [9.17, 15) is 24.2 Å². The molecule has 1 aliphatic carbocycles. The number of hydrogen-bond acceptors (Lipinski definition) is 4. The fraction of sp³-hybridized carbons (Fsp3) is 0.222. The number of aliphatic carboxylic acids is 1. The van der Waals surface area contributed by atoms with E-state index in [-0.39, 0.29) is 30.4 Å². The first-order valence-corrected chi connectivity index (χ1v) is 11.1. The summed E-state index contributed by atoms with van der Waals surface area (Å²) in [6, 6.07) is 18.0. The molecule has 0 radical (unpaired) electrons. The van der Waals surface area contributed by atoms with Gasteiger partial charge in [-0.1, -0.05) is 48.5 Å². The molecule has 0 saturated carbocycles. The maximum Gasteiger partial charge on any atom is 0.312 e. The van der Waals surface area contributed by atoms with E-state index in [0.29, 0.717) is 24.1 Å². The molecule has 0 fully saturated rings. The zero-order chi connectivity index (χ0) is 24.1. The third-order valence-electron chi connectivity index (χ3n) is 6.12. The molecule has 174 valence electrons. The minimum absolute atomic E-state index is 0.197. The number of aromatic nitrogens is 1. The van der Waals surface area contributed by atoms with Crippen molar-refractivity contribution in [1.82, 2.24) is 10.3 Å². The summed E-state index contributed by atoms with van der Waals surface area (Å²) in [6.07, 6.45) is 4.39. The number of aryl methyl sites for hydroxylation is 1. The number of allylic oxidation sites excluding steroid dienone is 1. The molecular weight excluding hydrogens is 435 g/mol. The van der Waals surface area contributed by atoms with Crippen LogP contribution in [0.2, 0.25) is 0 Å². The van der Waals surface area contributed by atoms with Gasteiger partial charge >= 0.3 is 5.97 Å². The second-order valence-corrected chi connectivity index (χ2v) is 8.39. The average molecular weight is 461 g/mol. The molecule has 0 aliphatic heterocycles. The summed E-state index contributed by atoms with van der Waals surface area (Å²) in [5.41, 5.74) is 3.73. The first-order valence-electron chi connectivity index (χ1n) is 11.1. The van der Waals surface area contributed by atoms with Crippen molar-refractivity contribution in [2.45, 2.75) is 31.6 Å². The highest BCUT2D eigenvalue weighted by atomic mass is 19.1. The summed E-state index contributed by atoms with van der Waals surface area (Å²) in [7, 11) is 0. The Morgan fingerprint density at radius 1 is 1.03 bits per heavy atom. The number of nitrogens with zero attached hydrogens (tertiary/aromatic N) is 1. The van der Waals surface area contributed by atoms with Crippen LogP contribution in [-0.4, -0.2) is 27.1 Å². The number of carbonyl (C=O) groups is 2. The maximum absolute atomic E-state index is 14.0. The highest BCUT2D eigenvalue weighted by molar-refractivity contribution is 5.81. The van der Waals surface area contributed by atoms with Crippen molar-refractivity contribution in [3.05, 3.63) is 95.7 Å². The van der Waals surface area contributed by atoms with Crippen LogP contribution in [0.5, 0.6) is 5.75 Å². The van der Waals surface area contributed by atoms with Crippen LogP contribution < -0.4 is 5.32 Å². The number of carboxylic acid groups (broad SMARTS) is 1. The van der Waals surface area contributed by atoms with Crippen LogP contribution >= 0.6 is 0 Å². The number of nitrogens with one attached hydrogen (secondary N) is 1. The van der Waals surface area contributed by atoms with Gasteiger partial charge in [-0.15, -0.1) is 0 Å². The van der Waals surface area contributed by atoms with Gasteiger partial charge in [0.15, 0.2) is 0 Å². The Balaban J connectivity index is 1.36. The molecule has 0 bridgehead atoms. The molecule has 4 rings (SSSR count). The van der Waals surface area contributed by atoms with Crippen LogP contribution in [0.25, 0.3) is 11.1 Å². The van der Waals surface area contributed by atoms with Crippen molar-refractivity contribution >= 4 is 11.9 Å². The van der Waals surface area contributed by atoms with Crippen molar-refractivity contribution < 1.29 is 24.2 Å². The van der Waals surface area contributed by atoms with E-state index < -0.39 is 17.8 Å². The van der Waals surface area contributed by atoms with Crippen LogP contribution in [0.15, 0.2) is 78.6 Å². The number of amides is 1. The number of carbonyl (C=O) groups excluding carboxylic acids is 1. The number of phenols is 1. The number of benzene rings is 2. The first-order chi connectivity index (χ1) is 16.4. The zero-order valence-corrected chi connectivity index (χ0v) is 18.4. The van der Waals surface area contributed by atoms with E-state index in [1.807, 2.05) is 36.4 Å². The molecule has 0 spiro atoms. The molecule has 1 aromatic heterocycles. The normalized spacial score (nSPS) is 17.6. The SMILES string of the molecule is O=C(CCc1ccc(-c2ccc(O)cc2)cc1)NC1=CCC(c2cccnc2F)CC1C(=O)O. The lowest BCUT2D eigenvalue weighted by Gasteiger charge is -2.28. The van der Waals surface area contributed by atoms with Crippen LogP contribution in [0.4, 0.5) is 4.39 Å². The third kappa shape index (κ3) is 5.49. The number of hydrogen-bond donors (Lipinski definition) is 3. The smallest absolute Gasteiger partial charge is 0.312 e. The number of pyridine rings is 1. The number of carboxylic acids is 1. The van der Waals surface area contributed by atoms with Crippen molar-refractivity contribution in [3.63, 3.8) is 0 Å². The lowest BCUT2D eigenvalue weighted by atomic mass is 9.80. The monoisotopic (exact) mass is 460 g/mol. The van der Waals surface area contributed by atoms with Gasteiger partial charge in [-0.3, -0.25) is 9.59 Å². The van der Waals surface area contributed by atoms with Gasteiger partial charge in [-0.05, 0) is 60.1 Å². The van der Waals surface area contributed by atoms with E-state index in [2.05, 4.69) is 10.3 Å². The highest BCUT2D eigenvalue weighted by Crippen LogP contribution is 2.36. The number of halogens is 1. The van der Waals surface area contributed by atoms with Gasteiger partial charge in [0, 0.05) is 23.9 Å². The van der Waals surface area contributed by atoms with Crippen LogP contribution in [0.3, 0.4) is 0 Å². The van der Waals surface area contributed by atoms with Gasteiger partial charge in [0.1, 0.15) is 5.75 Å². The highest BCUT2D eigenvalue weighted by Gasteiger charge is 2.32. The molecule has 7 heteroatoms. The van der Waals surface area contributed by atoms with E-state index in [0.717, 1.165) is 16.7 Å². The van der Waals surface area contributed by atoms with Crippen molar-refractivity contribution in [2.75, 3.05) is 0 Å². The first kappa shape index (κ1) is 23.2.